The summed E-state index contributed by atoms with van der Waals surface area (Å²) in [5.74, 6) is -1.85. The second-order valence-electron chi connectivity index (χ2n) is 5.17. The van der Waals surface area contributed by atoms with Gasteiger partial charge in [0.15, 0.2) is 6.04 Å². The molecule has 0 aromatic heterocycles. The van der Waals surface area contributed by atoms with E-state index in [4.69, 9.17) is 4.74 Å². The lowest BCUT2D eigenvalue weighted by Gasteiger charge is -2.22. The topological polar surface area (TPSA) is 84.9 Å². The molecule has 0 radical (unpaired) electrons. The van der Waals surface area contributed by atoms with Gasteiger partial charge in [-0.05, 0) is 29.8 Å². The third-order valence-electron chi connectivity index (χ3n) is 3.63. The van der Waals surface area contributed by atoms with E-state index in [0.29, 0.717) is 11.3 Å². The van der Waals surface area contributed by atoms with Crippen LogP contribution in [-0.4, -0.2) is 37.2 Å². The average Bonchev–Trinajstić information content (AvgIpc) is 2.65. The van der Waals surface area contributed by atoms with Crippen LogP contribution in [0.5, 0.6) is 5.75 Å². The van der Waals surface area contributed by atoms with Gasteiger partial charge in [0.25, 0.3) is 5.91 Å². The van der Waals surface area contributed by atoms with Gasteiger partial charge < -0.3 is 19.9 Å². The smallest absolute Gasteiger partial charge is 0.331 e. The number of aliphatic hydroxyl groups is 1. The number of aliphatic hydroxyl groups excluding tert-OH is 1. The van der Waals surface area contributed by atoms with E-state index in [1.165, 1.54) is 25.3 Å². The van der Waals surface area contributed by atoms with E-state index in [1.807, 2.05) is 0 Å². The minimum atomic E-state index is -1.40. The summed E-state index contributed by atoms with van der Waals surface area (Å²) in [6.07, 6.45) is -1.38. The molecule has 2 aromatic carbocycles. The summed E-state index contributed by atoms with van der Waals surface area (Å²) >= 11 is 0. The number of carbonyl (C=O) groups excluding carboxylic acids is 2. The predicted molar refractivity (Wildman–Crippen MR) is 87.6 cm³/mol. The first-order valence-corrected chi connectivity index (χ1v) is 7.43. The Kier molecular flexibility index (Phi) is 6.08. The number of hydrogen-bond donors (Lipinski definition) is 2. The SMILES string of the molecule is COC(=O)C(NC(=O)c1ccccc1F)C(O)c1ccc(OC)cc1. The summed E-state index contributed by atoms with van der Waals surface area (Å²) in [6, 6.07) is 10.2. The van der Waals surface area contributed by atoms with Gasteiger partial charge in [-0.25, -0.2) is 9.18 Å². The van der Waals surface area contributed by atoms with Crippen molar-refractivity contribution in [3.63, 3.8) is 0 Å². The molecule has 25 heavy (non-hydrogen) atoms. The Bertz CT molecular complexity index is 747. The molecule has 0 bridgehead atoms. The highest BCUT2D eigenvalue weighted by Gasteiger charge is 2.31. The van der Waals surface area contributed by atoms with Gasteiger partial charge in [0.05, 0.1) is 19.8 Å². The summed E-state index contributed by atoms with van der Waals surface area (Å²) in [4.78, 5) is 24.2. The first-order valence-electron chi connectivity index (χ1n) is 7.43. The molecule has 2 unspecified atom stereocenters. The Morgan fingerprint density at radius 2 is 1.72 bits per heavy atom. The molecule has 0 saturated heterocycles. The molecule has 7 heteroatoms. The van der Waals surface area contributed by atoms with Gasteiger partial charge in [-0.3, -0.25) is 4.79 Å². The van der Waals surface area contributed by atoms with Crippen LogP contribution in [0.25, 0.3) is 0 Å². The van der Waals surface area contributed by atoms with E-state index in [2.05, 4.69) is 10.1 Å². The number of halogens is 1. The Morgan fingerprint density at radius 1 is 1.08 bits per heavy atom. The van der Waals surface area contributed by atoms with Gasteiger partial charge in [-0.2, -0.15) is 0 Å². The van der Waals surface area contributed by atoms with Crippen molar-refractivity contribution in [1.82, 2.24) is 5.32 Å². The van der Waals surface area contributed by atoms with Gasteiger partial charge in [0, 0.05) is 0 Å². The second-order valence-corrected chi connectivity index (χ2v) is 5.17. The van der Waals surface area contributed by atoms with Crippen LogP contribution in [0.15, 0.2) is 48.5 Å². The first-order chi connectivity index (χ1) is 12.0. The summed E-state index contributed by atoms with van der Waals surface area (Å²) in [5, 5.41) is 12.8. The third kappa shape index (κ3) is 4.33. The lowest BCUT2D eigenvalue weighted by molar-refractivity contribution is -0.146. The van der Waals surface area contributed by atoms with E-state index in [9.17, 15) is 19.1 Å². The number of carbonyl (C=O) groups is 2. The predicted octanol–water partition coefficient (Wildman–Crippen LogP) is 1.84. The molecule has 0 saturated carbocycles. The fourth-order valence-electron chi connectivity index (χ4n) is 2.25. The Morgan fingerprint density at radius 3 is 2.28 bits per heavy atom. The minimum Gasteiger partial charge on any atom is -0.497 e. The number of hydrogen-bond acceptors (Lipinski definition) is 5. The normalized spacial score (nSPS) is 12.8. The lowest BCUT2D eigenvalue weighted by Crippen LogP contribution is -2.45. The molecule has 0 heterocycles. The Balaban J connectivity index is 2.24. The molecule has 0 aliphatic carbocycles. The van der Waals surface area contributed by atoms with Gasteiger partial charge >= 0.3 is 5.97 Å². The number of nitrogens with one attached hydrogen (secondary N) is 1. The maximum absolute atomic E-state index is 13.7. The molecular weight excluding hydrogens is 329 g/mol. The molecule has 2 N–H and O–H groups in total. The molecule has 132 valence electrons. The first kappa shape index (κ1) is 18.4. The molecule has 2 aromatic rings. The van der Waals surface area contributed by atoms with Crippen LogP contribution in [0.3, 0.4) is 0 Å². The zero-order valence-corrected chi connectivity index (χ0v) is 13.7. The van der Waals surface area contributed by atoms with Crippen molar-refractivity contribution in [2.75, 3.05) is 14.2 Å². The molecular formula is C18H18FNO5. The maximum Gasteiger partial charge on any atom is 0.331 e. The third-order valence-corrected chi connectivity index (χ3v) is 3.63. The summed E-state index contributed by atoms with van der Waals surface area (Å²) in [5.41, 5.74) is 0.128. The largest absolute Gasteiger partial charge is 0.497 e. The van der Waals surface area contributed by atoms with Crippen LogP contribution < -0.4 is 10.1 Å². The highest BCUT2D eigenvalue weighted by Crippen LogP contribution is 2.21. The molecule has 1 amide bonds. The van der Waals surface area contributed by atoms with Gasteiger partial charge in [0.1, 0.15) is 17.7 Å². The van der Waals surface area contributed by atoms with Crippen molar-refractivity contribution in [2.24, 2.45) is 0 Å². The highest BCUT2D eigenvalue weighted by atomic mass is 19.1. The van der Waals surface area contributed by atoms with E-state index < -0.39 is 29.8 Å². The van der Waals surface area contributed by atoms with Crippen LogP contribution in [0, 0.1) is 5.82 Å². The quantitative estimate of drug-likeness (QED) is 0.779. The van der Waals surface area contributed by atoms with E-state index >= 15 is 0 Å². The summed E-state index contributed by atoms with van der Waals surface area (Å²) in [6.45, 7) is 0. The molecule has 0 aliphatic rings. The lowest BCUT2D eigenvalue weighted by atomic mass is 10.0. The van der Waals surface area contributed by atoms with E-state index in [-0.39, 0.29) is 5.56 Å². The second kappa shape index (κ2) is 8.25. The van der Waals surface area contributed by atoms with Crippen LogP contribution >= 0.6 is 0 Å². The van der Waals surface area contributed by atoms with Crippen molar-refractivity contribution >= 4 is 11.9 Å². The van der Waals surface area contributed by atoms with Crippen molar-refractivity contribution in [3.8, 4) is 5.75 Å². The van der Waals surface area contributed by atoms with Crippen LogP contribution in [0.2, 0.25) is 0 Å². The summed E-state index contributed by atoms with van der Waals surface area (Å²) in [7, 11) is 2.63. The number of benzene rings is 2. The average molecular weight is 347 g/mol. The number of ether oxygens (including phenoxy) is 2. The zero-order valence-electron chi connectivity index (χ0n) is 13.7. The summed E-state index contributed by atoms with van der Waals surface area (Å²) < 4.78 is 23.4. The molecule has 2 rings (SSSR count). The standard InChI is InChI=1S/C18H18FNO5/c1-24-12-9-7-11(8-10-12)16(21)15(18(23)25-2)20-17(22)13-5-3-4-6-14(13)19/h3-10,15-16,21H,1-2H3,(H,20,22). The van der Waals surface area contributed by atoms with Gasteiger partial charge in [-0.15, -0.1) is 0 Å². The van der Waals surface area contributed by atoms with E-state index in [1.54, 1.807) is 24.3 Å². The van der Waals surface area contributed by atoms with Crippen LogP contribution in [0.1, 0.15) is 22.0 Å². The number of amides is 1. The van der Waals surface area contributed by atoms with Crippen LogP contribution in [-0.2, 0) is 9.53 Å². The Labute approximate surface area is 144 Å². The van der Waals surface area contributed by atoms with Crippen LogP contribution in [0.4, 0.5) is 4.39 Å². The molecule has 0 aliphatic heterocycles. The fraction of sp³-hybridized carbons (Fsp3) is 0.222. The monoisotopic (exact) mass is 347 g/mol. The molecule has 0 spiro atoms. The number of methoxy groups -OCH3 is 2. The molecule has 2 atom stereocenters. The van der Waals surface area contributed by atoms with Crippen molar-refractivity contribution in [3.05, 3.63) is 65.5 Å². The van der Waals surface area contributed by atoms with Gasteiger partial charge in [-0.1, -0.05) is 24.3 Å². The zero-order chi connectivity index (χ0) is 18.4. The number of esters is 1. The maximum atomic E-state index is 13.7. The Hall–Kier alpha value is -2.93. The van der Waals surface area contributed by atoms with Crippen molar-refractivity contribution in [1.29, 1.82) is 0 Å². The van der Waals surface area contributed by atoms with Crippen molar-refractivity contribution in [2.45, 2.75) is 12.1 Å². The van der Waals surface area contributed by atoms with E-state index in [0.717, 1.165) is 13.2 Å². The van der Waals surface area contributed by atoms with Crippen molar-refractivity contribution < 1.29 is 28.6 Å². The minimum absolute atomic E-state index is 0.238. The van der Waals surface area contributed by atoms with Gasteiger partial charge in [0.2, 0.25) is 0 Å². The highest BCUT2D eigenvalue weighted by molar-refractivity contribution is 5.97. The molecule has 6 nitrogen and oxygen atoms in total. The molecule has 0 fully saturated rings. The fourth-order valence-corrected chi connectivity index (χ4v) is 2.25. The number of rotatable bonds is 6.